The van der Waals surface area contributed by atoms with E-state index < -0.39 is 0 Å². The van der Waals surface area contributed by atoms with Crippen molar-refractivity contribution in [2.24, 2.45) is 11.7 Å². The molecule has 3 nitrogen and oxygen atoms in total. The van der Waals surface area contributed by atoms with Crippen molar-refractivity contribution in [3.8, 4) is 0 Å². The molecule has 1 fully saturated rings. The van der Waals surface area contributed by atoms with E-state index in [2.05, 4.69) is 11.8 Å². The number of hydrogen-bond donors (Lipinski definition) is 1. The van der Waals surface area contributed by atoms with Gasteiger partial charge in [-0.3, -0.25) is 9.69 Å². The molecule has 1 amide bonds. The summed E-state index contributed by atoms with van der Waals surface area (Å²) in [6, 6.07) is -0.0900. The SMILES string of the molecule is CC1CCCN(C(C)C(N)=O)C1. The molecule has 2 N–H and O–H groups in total. The second-order valence-corrected chi connectivity index (χ2v) is 3.82. The minimum absolute atomic E-state index is 0.0900. The van der Waals surface area contributed by atoms with Crippen molar-refractivity contribution in [1.29, 1.82) is 0 Å². The molecule has 1 aliphatic heterocycles. The van der Waals surface area contributed by atoms with Crippen LogP contribution in [0.15, 0.2) is 0 Å². The Morgan fingerprint density at radius 3 is 2.83 bits per heavy atom. The first-order chi connectivity index (χ1) is 5.61. The maximum atomic E-state index is 10.9. The van der Waals surface area contributed by atoms with E-state index in [9.17, 15) is 4.79 Å². The quantitative estimate of drug-likeness (QED) is 0.659. The zero-order valence-corrected chi connectivity index (χ0v) is 7.92. The number of amides is 1. The second-order valence-electron chi connectivity index (χ2n) is 3.82. The number of hydrogen-bond acceptors (Lipinski definition) is 2. The van der Waals surface area contributed by atoms with E-state index in [0.717, 1.165) is 13.1 Å². The fourth-order valence-corrected chi connectivity index (χ4v) is 1.76. The second kappa shape index (κ2) is 3.90. The van der Waals surface area contributed by atoms with Crippen LogP contribution in [0, 0.1) is 5.92 Å². The van der Waals surface area contributed by atoms with Crippen molar-refractivity contribution < 1.29 is 4.79 Å². The van der Waals surface area contributed by atoms with Crippen molar-refractivity contribution >= 4 is 5.91 Å². The molecule has 1 rings (SSSR count). The third-order valence-electron chi connectivity index (χ3n) is 2.65. The van der Waals surface area contributed by atoms with Gasteiger partial charge in [0.1, 0.15) is 0 Å². The Labute approximate surface area is 73.9 Å². The van der Waals surface area contributed by atoms with Crippen molar-refractivity contribution in [1.82, 2.24) is 4.90 Å². The van der Waals surface area contributed by atoms with E-state index in [-0.39, 0.29) is 11.9 Å². The summed E-state index contributed by atoms with van der Waals surface area (Å²) >= 11 is 0. The van der Waals surface area contributed by atoms with Crippen molar-refractivity contribution in [3.63, 3.8) is 0 Å². The van der Waals surface area contributed by atoms with Gasteiger partial charge in [0.25, 0.3) is 0 Å². The molecule has 70 valence electrons. The van der Waals surface area contributed by atoms with Crippen molar-refractivity contribution in [3.05, 3.63) is 0 Å². The lowest BCUT2D eigenvalue weighted by atomic mass is 9.99. The first-order valence-corrected chi connectivity index (χ1v) is 4.64. The molecule has 3 heteroatoms. The Kier molecular flexibility index (Phi) is 3.09. The molecule has 12 heavy (non-hydrogen) atoms. The Morgan fingerprint density at radius 1 is 1.67 bits per heavy atom. The van der Waals surface area contributed by atoms with Crippen LogP contribution < -0.4 is 5.73 Å². The van der Waals surface area contributed by atoms with Gasteiger partial charge in [0, 0.05) is 6.54 Å². The van der Waals surface area contributed by atoms with E-state index in [1.54, 1.807) is 0 Å². The molecule has 2 unspecified atom stereocenters. The first-order valence-electron chi connectivity index (χ1n) is 4.64. The van der Waals surface area contributed by atoms with Gasteiger partial charge in [-0.1, -0.05) is 6.92 Å². The van der Waals surface area contributed by atoms with E-state index in [1.807, 2.05) is 6.92 Å². The fraction of sp³-hybridized carbons (Fsp3) is 0.889. The summed E-state index contributed by atoms with van der Waals surface area (Å²) in [4.78, 5) is 13.1. The van der Waals surface area contributed by atoms with Crippen LogP contribution in [-0.4, -0.2) is 29.9 Å². The molecule has 0 aromatic heterocycles. The molecule has 0 aromatic rings. The average molecular weight is 170 g/mol. The highest BCUT2D eigenvalue weighted by atomic mass is 16.1. The number of carbonyl (C=O) groups is 1. The summed E-state index contributed by atoms with van der Waals surface area (Å²) in [7, 11) is 0. The first kappa shape index (κ1) is 9.52. The standard InChI is InChI=1S/C9H18N2O/c1-7-4-3-5-11(6-7)8(2)9(10)12/h7-8H,3-6H2,1-2H3,(H2,10,12). The largest absolute Gasteiger partial charge is 0.368 e. The normalized spacial score (nSPS) is 28.3. The van der Waals surface area contributed by atoms with Crippen LogP contribution in [0.2, 0.25) is 0 Å². The van der Waals surface area contributed by atoms with Gasteiger partial charge in [-0.2, -0.15) is 0 Å². The minimum Gasteiger partial charge on any atom is -0.368 e. The topological polar surface area (TPSA) is 46.3 Å². The van der Waals surface area contributed by atoms with E-state index in [4.69, 9.17) is 5.73 Å². The molecule has 1 heterocycles. The number of piperidine rings is 1. The third-order valence-corrected chi connectivity index (χ3v) is 2.65. The van der Waals surface area contributed by atoms with Gasteiger partial charge >= 0.3 is 0 Å². The molecule has 0 radical (unpaired) electrons. The molecule has 0 bridgehead atoms. The lowest BCUT2D eigenvalue weighted by Gasteiger charge is -2.33. The molecule has 2 atom stereocenters. The highest BCUT2D eigenvalue weighted by molar-refractivity contribution is 5.79. The van der Waals surface area contributed by atoms with E-state index in [0.29, 0.717) is 5.92 Å². The number of nitrogens with two attached hydrogens (primary N) is 1. The molecule has 1 aliphatic rings. The van der Waals surface area contributed by atoms with E-state index in [1.165, 1.54) is 12.8 Å². The van der Waals surface area contributed by atoms with Gasteiger partial charge in [0.2, 0.25) is 5.91 Å². The zero-order chi connectivity index (χ0) is 9.14. The predicted octanol–water partition coefficient (Wildman–Crippen LogP) is 0.592. The monoisotopic (exact) mass is 170 g/mol. The van der Waals surface area contributed by atoms with Crippen LogP contribution >= 0.6 is 0 Å². The number of carbonyl (C=O) groups excluding carboxylic acids is 1. The Bertz CT molecular complexity index is 170. The van der Waals surface area contributed by atoms with Gasteiger partial charge in [0.05, 0.1) is 6.04 Å². The van der Waals surface area contributed by atoms with Crippen LogP contribution in [-0.2, 0) is 4.79 Å². The van der Waals surface area contributed by atoms with Crippen LogP contribution in [0.1, 0.15) is 26.7 Å². The summed E-state index contributed by atoms with van der Waals surface area (Å²) in [5, 5.41) is 0. The third kappa shape index (κ3) is 2.21. The maximum absolute atomic E-state index is 10.9. The minimum atomic E-state index is -0.205. The molecule has 0 aliphatic carbocycles. The van der Waals surface area contributed by atoms with Gasteiger partial charge in [-0.05, 0) is 32.2 Å². The average Bonchev–Trinajstić information content (AvgIpc) is 2.03. The summed E-state index contributed by atoms with van der Waals surface area (Å²) in [6.07, 6.45) is 2.47. The molecule has 0 saturated carbocycles. The van der Waals surface area contributed by atoms with Gasteiger partial charge in [-0.25, -0.2) is 0 Å². The molecule has 0 spiro atoms. The van der Waals surface area contributed by atoms with Gasteiger partial charge < -0.3 is 5.73 Å². The predicted molar refractivity (Wildman–Crippen MR) is 48.6 cm³/mol. The lowest BCUT2D eigenvalue weighted by molar-refractivity contribution is -0.123. The Balaban J connectivity index is 2.45. The van der Waals surface area contributed by atoms with Gasteiger partial charge in [0.15, 0.2) is 0 Å². The highest BCUT2D eigenvalue weighted by Crippen LogP contribution is 2.17. The van der Waals surface area contributed by atoms with Crippen LogP contribution in [0.5, 0.6) is 0 Å². The molecule has 1 saturated heterocycles. The molecular formula is C9H18N2O. The summed E-state index contributed by atoms with van der Waals surface area (Å²) < 4.78 is 0. The van der Waals surface area contributed by atoms with Crippen molar-refractivity contribution in [2.45, 2.75) is 32.7 Å². The highest BCUT2D eigenvalue weighted by Gasteiger charge is 2.23. The summed E-state index contributed by atoms with van der Waals surface area (Å²) in [6.45, 7) is 6.15. The zero-order valence-electron chi connectivity index (χ0n) is 7.92. The fourth-order valence-electron chi connectivity index (χ4n) is 1.76. The summed E-state index contributed by atoms with van der Waals surface area (Å²) in [5.74, 6) is 0.504. The molecule has 0 aromatic carbocycles. The van der Waals surface area contributed by atoms with Crippen LogP contribution in [0.25, 0.3) is 0 Å². The molecular weight excluding hydrogens is 152 g/mol. The summed E-state index contributed by atoms with van der Waals surface area (Å²) in [5.41, 5.74) is 5.23. The lowest BCUT2D eigenvalue weighted by Crippen LogP contribution is -2.47. The smallest absolute Gasteiger partial charge is 0.234 e. The van der Waals surface area contributed by atoms with Crippen LogP contribution in [0.3, 0.4) is 0 Å². The number of likely N-dealkylation sites (tertiary alicyclic amines) is 1. The Morgan fingerprint density at radius 2 is 2.33 bits per heavy atom. The Hall–Kier alpha value is -0.570. The van der Waals surface area contributed by atoms with Crippen LogP contribution in [0.4, 0.5) is 0 Å². The van der Waals surface area contributed by atoms with E-state index >= 15 is 0 Å². The number of nitrogens with zero attached hydrogens (tertiary/aromatic N) is 1. The maximum Gasteiger partial charge on any atom is 0.234 e. The van der Waals surface area contributed by atoms with Gasteiger partial charge in [-0.15, -0.1) is 0 Å². The van der Waals surface area contributed by atoms with Crippen molar-refractivity contribution in [2.75, 3.05) is 13.1 Å². The number of rotatable bonds is 2. The number of primary amides is 1.